The number of nitrogens with zero attached hydrogens (tertiary/aromatic N) is 1. The molecule has 0 fully saturated rings. The largest absolute Gasteiger partial charge is 0.376 e. The van der Waals surface area contributed by atoms with Crippen molar-refractivity contribution in [3.63, 3.8) is 0 Å². The summed E-state index contributed by atoms with van der Waals surface area (Å²) in [5.74, 6) is -0.406. The van der Waals surface area contributed by atoms with Crippen molar-refractivity contribution in [1.82, 2.24) is 4.90 Å². The summed E-state index contributed by atoms with van der Waals surface area (Å²) in [6.07, 6.45) is 1.89. The maximum absolute atomic E-state index is 12.1. The molecule has 1 aromatic rings. The van der Waals surface area contributed by atoms with Gasteiger partial charge < -0.3 is 16.0 Å². The Morgan fingerprint density at radius 3 is 2.40 bits per heavy atom. The quantitative estimate of drug-likeness (QED) is 0.761. The second kappa shape index (κ2) is 8.19. The molecule has 110 valence electrons. The Morgan fingerprint density at radius 2 is 1.85 bits per heavy atom. The van der Waals surface area contributed by atoms with Crippen LogP contribution < -0.4 is 11.1 Å². The maximum Gasteiger partial charge on any atom is 0.248 e. The third kappa shape index (κ3) is 4.91. The van der Waals surface area contributed by atoms with Crippen LogP contribution in [0.4, 0.5) is 5.69 Å². The van der Waals surface area contributed by atoms with Gasteiger partial charge in [-0.25, -0.2) is 0 Å². The van der Waals surface area contributed by atoms with Crippen molar-refractivity contribution in [2.24, 2.45) is 5.73 Å². The fraction of sp³-hybridized carbons (Fsp3) is 0.467. The number of primary amides is 1. The molecule has 0 aliphatic heterocycles. The third-order valence-electron chi connectivity index (χ3n) is 2.93. The number of carbonyl (C=O) groups excluding carboxylic acids is 2. The Morgan fingerprint density at radius 1 is 1.20 bits per heavy atom. The van der Waals surface area contributed by atoms with Crippen LogP contribution in [-0.4, -0.2) is 36.3 Å². The average Bonchev–Trinajstić information content (AvgIpc) is 2.45. The van der Waals surface area contributed by atoms with E-state index in [4.69, 9.17) is 5.73 Å². The zero-order valence-corrected chi connectivity index (χ0v) is 12.2. The molecule has 20 heavy (non-hydrogen) atoms. The fourth-order valence-electron chi connectivity index (χ4n) is 1.97. The van der Waals surface area contributed by atoms with E-state index >= 15 is 0 Å². The number of carbonyl (C=O) groups is 2. The molecule has 0 aliphatic rings. The first-order valence-electron chi connectivity index (χ1n) is 7.00. The zero-order valence-electron chi connectivity index (χ0n) is 12.2. The first kappa shape index (κ1) is 16.0. The number of nitrogens with one attached hydrogen (secondary N) is 1. The number of nitrogens with two attached hydrogens (primary N) is 1. The minimum absolute atomic E-state index is 0.0678. The summed E-state index contributed by atoms with van der Waals surface area (Å²) in [6.45, 7) is 5.88. The first-order valence-corrected chi connectivity index (χ1v) is 7.00. The predicted molar refractivity (Wildman–Crippen MR) is 80.6 cm³/mol. The van der Waals surface area contributed by atoms with Gasteiger partial charge in [0.2, 0.25) is 11.8 Å². The van der Waals surface area contributed by atoms with Gasteiger partial charge in [0.15, 0.2) is 0 Å². The molecule has 0 aliphatic carbocycles. The SMILES string of the molecule is CCCN(CCC)C(=O)CNc1cccc(C(N)=O)c1. The molecule has 0 saturated carbocycles. The molecular weight excluding hydrogens is 254 g/mol. The molecule has 3 N–H and O–H groups in total. The number of anilines is 1. The van der Waals surface area contributed by atoms with E-state index in [9.17, 15) is 9.59 Å². The molecule has 0 radical (unpaired) electrons. The van der Waals surface area contributed by atoms with Crippen LogP contribution in [0.5, 0.6) is 0 Å². The van der Waals surface area contributed by atoms with Crippen LogP contribution in [0.2, 0.25) is 0 Å². The molecule has 0 aromatic heterocycles. The van der Waals surface area contributed by atoms with Gasteiger partial charge in [-0.2, -0.15) is 0 Å². The molecule has 0 bridgehead atoms. The van der Waals surface area contributed by atoms with E-state index in [1.165, 1.54) is 0 Å². The third-order valence-corrected chi connectivity index (χ3v) is 2.93. The van der Waals surface area contributed by atoms with Crippen LogP contribution in [-0.2, 0) is 4.79 Å². The van der Waals surface area contributed by atoms with Gasteiger partial charge in [-0.3, -0.25) is 9.59 Å². The highest BCUT2D eigenvalue weighted by molar-refractivity contribution is 5.93. The number of hydrogen-bond donors (Lipinski definition) is 2. The molecule has 1 rings (SSSR count). The minimum Gasteiger partial charge on any atom is -0.376 e. The summed E-state index contributed by atoms with van der Waals surface area (Å²) >= 11 is 0. The average molecular weight is 277 g/mol. The van der Waals surface area contributed by atoms with E-state index in [0.717, 1.165) is 31.6 Å². The summed E-state index contributed by atoms with van der Waals surface area (Å²) in [6, 6.07) is 6.85. The Balaban J connectivity index is 2.59. The van der Waals surface area contributed by atoms with Crippen LogP contribution in [0, 0.1) is 0 Å². The van der Waals surface area contributed by atoms with E-state index < -0.39 is 5.91 Å². The van der Waals surface area contributed by atoms with Gasteiger partial charge in [0.05, 0.1) is 6.54 Å². The van der Waals surface area contributed by atoms with E-state index in [1.807, 2.05) is 11.0 Å². The monoisotopic (exact) mass is 277 g/mol. The van der Waals surface area contributed by atoms with Crippen LogP contribution in [0.15, 0.2) is 24.3 Å². The lowest BCUT2D eigenvalue weighted by Crippen LogP contribution is -2.36. The highest BCUT2D eigenvalue weighted by Gasteiger charge is 2.11. The van der Waals surface area contributed by atoms with Crippen molar-refractivity contribution in [3.8, 4) is 0 Å². The smallest absolute Gasteiger partial charge is 0.248 e. The van der Waals surface area contributed by atoms with Gasteiger partial charge in [0.25, 0.3) is 0 Å². The standard InChI is InChI=1S/C15H23N3O2/c1-3-8-18(9-4-2)14(19)11-17-13-7-5-6-12(10-13)15(16)20/h5-7,10,17H,3-4,8-9,11H2,1-2H3,(H2,16,20). The Hall–Kier alpha value is -2.04. The number of benzene rings is 1. The van der Waals surface area contributed by atoms with Gasteiger partial charge in [-0.15, -0.1) is 0 Å². The first-order chi connectivity index (χ1) is 9.58. The van der Waals surface area contributed by atoms with Crippen LogP contribution in [0.25, 0.3) is 0 Å². The van der Waals surface area contributed by atoms with Crippen molar-refractivity contribution < 1.29 is 9.59 Å². The van der Waals surface area contributed by atoms with Crippen molar-refractivity contribution in [2.45, 2.75) is 26.7 Å². The molecular formula is C15H23N3O2. The lowest BCUT2D eigenvalue weighted by atomic mass is 10.2. The van der Waals surface area contributed by atoms with Crippen LogP contribution >= 0.6 is 0 Å². The fourth-order valence-corrected chi connectivity index (χ4v) is 1.97. The molecule has 0 spiro atoms. The maximum atomic E-state index is 12.1. The Labute approximate surface area is 120 Å². The Kier molecular flexibility index (Phi) is 6.56. The summed E-state index contributed by atoms with van der Waals surface area (Å²) < 4.78 is 0. The molecule has 0 atom stereocenters. The van der Waals surface area contributed by atoms with Gasteiger partial charge in [0.1, 0.15) is 0 Å². The predicted octanol–water partition coefficient (Wildman–Crippen LogP) is 1.85. The van der Waals surface area contributed by atoms with Gasteiger partial charge in [-0.1, -0.05) is 19.9 Å². The topological polar surface area (TPSA) is 75.4 Å². The number of amides is 2. The molecule has 2 amide bonds. The molecule has 5 heteroatoms. The van der Waals surface area contributed by atoms with E-state index in [0.29, 0.717) is 5.56 Å². The number of hydrogen-bond acceptors (Lipinski definition) is 3. The second-order valence-corrected chi connectivity index (χ2v) is 4.68. The van der Waals surface area contributed by atoms with E-state index in [2.05, 4.69) is 19.2 Å². The summed E-state index contributed by atoms with van der Waals surface area (Å²) in [4.78, 5) is 25.0. The van der Waals surface area contributed by atoms with Gasteiger partial charge in [-0.05, 0) is 31.0 Å². The summed E-state index contributed by atoms with van der Waals surface area (Å²) in [5, 5.41) is 3.04. The molecule has 0 saturated heterocycles. The zero-order chi connectivity index (χ0) is 15.0. The second-order valence-electron chi connectivity index (χ2n) is 4.68. The van der Waals surface area contributed by atoms with E-state index in [1.54, 1.807) is 18.2 Å². The summed E-state index contributed by atoms with van der Waals surface area (Å²) in [7, 11) is 0. The summed E-state index contributed by atoms with van der Waals surface area (Å²) in [5.41, 5.74) is 6.38. The highest BCUT2D eigenvalue weighted by atomic mass is 16.2. The number of rotatable bonds is 8. The van der Waals surface area contributed by atoms with Gasteiger partial charge in [0, 0.05) is 24.3 Å². The lowest BCUT2D eigenvalue weighted by Gasteiger charge is -2.21. The van der Waals surface area contributed by atoms with Crippen LogP contribution in [0.1, 0.15) is 37.0 Å². The molecule has 5 nitrogen and oxygen atoms in total. The normalized spacial score (nSPS) is 10.1. The van der Waals surface area contributed by atoms with Crippen molar-refractivity contribution in [3.05, 3.63) is 29.8 Å². The molecule has 0 unspecified atom stereocenters. The van der Waals surface area contributed by atoms with Crippen molar-refractivity contribution in [2.75, 3.05) is 25.0 Å². The minimum atomic E-state index is -0.474. The van der Waals surface area contributed by atoms with Crippen molar-refractivity contribution >= 4 is 17.5 Å². The van der Waals surface area contributed by atoms with Crippen molar-refractivity contribution in [1.29, 1.82) is 0 Å². The van der Waals surface area contributed by atoms with Crippen LogP contribution in [0.3, 0.4) is 0 Å². The molecule has 1 aromatic carbocycles. The lowest BCUT2D eigenvalue weighted by molar-refractivity contribution is -0.129. The van der Waals surface area contributed by atoms with E-state index in [-0.39, 0.29) is 12.5 Å². The van der Waals surface area contributed by atoms with Gasteiger partial charge >= 0.3 is 0 Å². The molecule has 0 heterocycles. The Bertz CT molecular complexity index is 454. The highest BCUT2D eigenvalue weighted by Crippen LogP contribution is 2.10.